The van der Waals surface area contributed by atoms with Crippen molar-refractivity contribution >= 4 is 23.2 Å². The molecule has 0 aliphatic heterocycles. The van der Waals surface area contributed by atoms with Gasteiger partial charge in [-0.2, -0.15) is 10.4 Å². The zero-order valence-corrected chi connectivity index (χ0v) is 13.0. The second-order valence-electron chi connectivity index (χ2n) is 4.92. The van der Waals surface area contributed by atoms with E-state index in [2.05, 4.69) is 10.5 Å². The fourth-order valence-electron chi connectivity index (χ4n) is 1.77. The first-order valence-corrected chi connectivity index (χ1v) is 7.16. The van der Waals surface area contributed by atoms with Crippen LogP contribution >= 0.6 is 0 Å². The van der Waals surface area contributed by atoms with Gasteiger partial charge in [0, 0.05) is 5.56 Å². The number of aryl methyl sites for hydroxylation is 1. The van der Waals surface area contributed by atoms with Gasteiger partial charge in [0.25, 0.3) is 0 Å². The van der Waals surface area contributed by atoms with Crippen LogP contribution in [0.1, 0.15) is 15.9 Å². The molecule has 0 amide bonds. The largest absolute Gasteiger partial charge is 0.452 e. The molecule has 0 saturated carbocycles. The van der Waals surface area contributed by atoms with Crippen molar-refractivity contribution in [2.24, 2.45) is 5.10 Å². The molecule has 0 aromatic heterocycles. The van der Waals surface area contributed by atoms with Crippen molar-refractivity contribution in [2.75, 3.05) is 12.0 Å². The molecule has 0 atom stereocenters. The van der Waals surface area contributed by atoms with E-state index in [1.807, 2.05) is 19.1 Å². The van der Waals surface area contributed by atoms with Gasteiger partial charge >= 0.3 is 5.97 Å². The highest BCUT2D eigenvalue weighted by molar-refractivity contribution is 6.43. The van der Waals surface area contributed by atoms with E-state index in [-0.39, 0.29) is 5.78 Å². The summed E-state index contributed by atoms with van der Waals surface area (Å²) in [5.41, 5.74) is 4.27. The Kier molecular flexibility index (Phi) is 5.81. The molecule has 2 aromatic rings. The molecule has 2 rings (SSSR count). The second kappa shape index (κ2) is 8.25. The van der Waals surface area contributed by atoms with Crippen LogP contribution in [-0.4, -0.2) is 24.1 Å². The normalized spacial score (nSPS) is 10.6. The Balaban J connectivity index is 1.94. The average molecular weight is 321 g/mol. The van der Waals surface area contributed by atoms with E-state index in [4.69, 9.17) is 10.00 Å². The topological polar surface area (TPSA) is 91.6 Å². The molecule has 2 aromatic carbocycles. The number of esters is 1. The minimum Gasteiger partial charge on any atom is -0.452 e. The predicted octanol–water partition coefficient (Wildman–Crippen LogP) is 2.71. The fourth-order valence-corrected chi connectivity index (χ4v) is 1.77. The molecule has 6 heteroatoms. The number of Topliss-reactive ketones (excluding diaryl/α,β-unsaturated/α-hetero) is 1. The van der Waals surface area contributed by atoms with Crippen molar-refractivity contribution in [3.05, 3.63) is 65.7 Å². The number of nitrogens with one attached hydrogen (secondary N) is 1. The van der Waals surface area contributed by atoms with Gasteiger partial charge in [0.2, 0.25) is 5.71 Å². The first-order chi connectivity index (χ1) is 11.6. The Bertz CT molecular complexity index is 791. The van der Waals surface area contributed by atoms with Crippen molar-refractivity contribution in [1.82, 2.24) is 0 Å². The van der Waals surface area contributed by atoms with Crippen LogP contribution < -0.4 is 5.43 Å². The van der Waals surface area contributed by atoms with Gasteiger partial charge in [0.05, 0.1) is 5.69 Å². The zero-order chi connectivity index (χ0) is 17.4. The maximum atomic E-state index is 11.9. The molecule has 0 heterocycles. The third-order valence-electron chi connectivity index (χ3n) is 3.08. The standard InChI is InChI=1S/C18H15N3O3/c1-13-7-9-15(10-8-13)20-21-16(11-19)18(23)24-12-17(22)14-5-3-2-4-6-14/h2-10,20H,12H2,1H3/b21-16+. The summed E-state index contributed by atoms with van der Waals surface area (Å²) >= 11 is 0. The highest BCUT2D eigenvalue weighted by atomic mass is 16.5. The first kappa shape index (κ1) is 16.9. The molecule has 120 valence electrons. The lowest BCUT2D eigenvalue weighted by molar-refractivity contribution is -0.134. The van der Waals surface area contributed by atoms with Crippen LogP contribution in [-0.2, 0) is 9.53 Å². The lowest BCUT2D eigenvalue weighted by Gasteiger charge is -2.04. The van der Waals surface area contributed by atoms with Gasteiger partial charge in [0.15, 0.2) is 12.4 Å². The molecule has 0 spiro atoms. The summed E-state index contributed by atoms with van der Waals surface area (Å²) in [5, 5.41) is 12.7. The van der Waals surface area contributed by atoms with E-state index in [9.17, 15) is 9.59 Å². The molecule has 0 fully saturated rings. The lowest BCUT2D eigenvalue weighted by Crippen LogP contribution is -2.21. The maximum Gasteiger partial charge on any atom is 0.370 e. The zero-order valence-electron chi connectivity index (χ0n) is 13.0. The monoisotopic (exact) mass is 321 g/mol. The molecule has 0 aliphatic rings. The molecule has 0 saturated heterocycles. The fraction of sp³-hybridized carbons (Fsp3) is 0.111. The van der Waals surface area contributed by atoms with Crippen molar-refractivity contribution in [2.45, 2.75) is 6.92 Å². The van der Waals surface area contributed by atoms with Gasteiger partial charge < -0.3 is 4.74 Å². The summed E-state index contributed by atoms with van der Waals surface area (Å²) in [6, 6.07) is 17.3. The van der Waals surface area contributed by atoms with Crippen molar-refractivity contribution in [3.8, 4) is 6.07 Å². The summed E-state index contributed by atoms with van der Waals surface area (Å²) in [5.74, 6) is -1.31. The van der Waals surface area contributed by atoms with E-state index >= 15 is 0 Å². The Labute approximate surface area is 139 Å². The number of nitriles is 1. The predicted molar refractivity (Wildman–Crippen MR) is 89.6 cm³/mol. The van der Waals surface area contributed by atoms with Gasteiger partial charge in [0.1, 0.15) is 6.07 Å². The van der Waals surface area contributed by atoms with Gasteiger partial charge in [-0.15, -0.1) is 0 Å². The highest BCUT2D eigenvalue weighted by Gasteiger charge is 2.15. The van der Waals surface area contributed by atoms with Crippen molar-refractivity contribution in [1.29, 1.82) is 5.26 Å². The number of carbonyl (C=O) groups is 2. The minimum atomic E-state index is -0.957. The third-order valence-corrected chi connectivity index (χ3v) is 3.08. The number of benzene rings is 2. The maximum absolute atomic E-state index is 11.9. The van der Waals surface area contributed by atoms with Crippen LogP contribution in [0.5, 0.6) is 0 Å². The van der Waals surface area contributed by atoms with Crippen LogP contribution in [0.25, 0.3) is 0 Å². The van der Waals surface area contributed by atoms with Gasteiger partial charge in [-0.25, -0.2) is 4.79 Å². The SMILES string of the molecule is Cc1ccc(N/N=C(\C#N)C(=O)OCC(=O)c2ccccc2)cc1. The van der Waals surface area contributed by atoms with Crippen LogP contribution in [0.3, 0.4) is 0 Å². The van der Waals surface area contributed by atoms with E-state index in [0.717, 1.165) is 5.56 Å². The highest BCUT2D eigenvalue weighted by Crippen LogP contribution is 2.08. The molecule has 0 unspecified atom stereocenters. The molecular formula is C18H15N3O3. The lowest BCUT2D eigenvalue weighted by atomic mass is 10.1. The Morgan fingerprint density at radius 1 is 1.12 bits per heavy atom. The molecule has 24 heavy (non-hydrogen) atoms. The molecule has 0 bridgehead atoms. The molecular weight excluding hydrogens is 306 g/mol. The van der Waals surface area contributed by atoms with E-state index < -0.39 is 18.3 Å². The van der Waals surface area contributed by atoms with Gasteiger partial charge in [-0.3, -0.25) is 10.2 Å². The number of carbonyl (C=O) groups excluding carboxylic acids is 2. The van der Waals surface area contributed by atoms with Crippen LogP contribution in [0.2, 0.25) is 0 Å². The Morgan fingerprint density at radius 2 is 1.79 bits per heavy atom. The van der Waals surface area contributed by atoms with E-state index in [1.54, 1.807) is 48.5 Å². The number of rotatable bonds is 6. The van der Waals surface area contributed by atoms with Crippen LogP contribution in [0.4, 0.5) is 5.69 Å². The third kappa shape index (κ3) is 4.78. The summed E-state index contributed by atoms with van der Waals surface area (Å²) in [7, 11) is 0. The smallest absolute Gasteiger partial charge is 0.370 e. The number of anilines is 1. The summed E-state index contributed by atoms with van der Waals surface area (Å²) in [4.78, 5) is 23.7. The minimum absolute atomic E-state index is 0.354. The van der Waals surface area contributed by atoms with Crippen LogP contribution in [0, 0.1) is 18.3 Å². The quantitative estimate of drug-likeness (QED) is 0.382. The summed E-state index contributed by atoms with van der Waals surface area (Å²) in [6.07, 6.45) is 0. The molecule has 0 radical (unpaired) electrons. The van der Waals surface area contributed by atoms with E-state index in [1.165, 1.54) is 0 Å². The van der Waals surface area contributed by atoms with Crippen molar-refractivity contribution < 1.29 is 14.3 Å². The summed E-state index contributed by atoms with van der Waals surface area (Å²) in [6.45, 7) is 1.49. The van der Waals surface area contributed by atoms with Gasteiger partial charge in [-0.1, -0.05) is 48.0 Å². The number of nitrogens with zero attached hydrogens (tertiary/aromatic N) is 2. The second-order valence-corrected chi connectivity index (χ2v) is 4.92. The number of hydrogen-bond donors (Lipinski definition) is 1. The number of hydrazone groups is 1. The molecule has 0 aliphatic carbocycles. The van der Waals surface area contributed by atoms with Crippen LogP contribution in [0.15, 0.2) is 59.7 Å². The Morgan fingerprint density at radius 3 is 2.42 bits per heavy atom. The number of hydrogen-bond acceptors (Lipinski definition) is 6. The number of ether oxygens (including phenoxy) is 1. The van der Waals surface area contributed by atoms with Gasteiger partial charge in [-0.05, 0) is 19.1 Å². The Hall–Kier alpha value is -3.46. The molecule has 6 nitrogen and oxygen atoms in total. The summed E-state index contributed by atoms with van der Waals surface area (Å²) < 4.78 is 4.84. The molecule has 1 N–H and O–H groups in total. The van der Waals surface area contributed by atoms with E-state index in [0.29, 0.717) is 11.3 Å². The first-order valence-electron chi connectivity index (χ1n) is 7.16. The number of ketones is 1. The van der Waals surface area contributed by atoms with Crippen molar-refractivity contribution in [3.63, 3.8) is 0 Å². The average Bonchev–Trinajstić information content (AvgIpc) is 2.62.